The van der Waals surface area contributed by atoms with Crippen molar-refractivity contribution in [3.05, 3.63) is 99.9 Å². The lowest BCUT2D eigenvalue weighted by Crippen LogP contribution is -2.61. The van der Waals surface area contributed by atoms with Crippen LogP contribution in [0, 0.1) is 16.0 Å². The molecule has 1 fully saturated rings. The molecule has 35 heavy (non-hydrogen) atoms. The molecule has 3 heterocycles. The highest BCUT2D eigenvalue weighted by atomic mass is 16.6. The smallest absolute Gasteiger partial charge is 0.269 e. The van der Waals surface area contributed by atoms with Gasteiger partial charge in [0.25, 0.3) is 5.69 Å². The van der Waals surface area contributed by atoms with Crippen LogP contribution >= 0.6 is 0 Å². The fourth-order valence-electron chi connectivity index (χ4n) is 5.26. The first kappa shape index (κ1) is 23.0. The Morgan fingerprint density at radius 2 is 1.91 bits per heavy atom. The van der Waals surface area contributed by atoms with Crippen LogP contribution in [0.1, 0.15) is 16.8 Å². The lowest BCUT2D eigenvalue weighted by atomic mass is 9.83. The number of nitrogens with one attached hydrogen (secondary N) is 1. The first-order valence-corrected chi connectivity index (χ1v) is 12.1. The van der Waals surface area contributed by atoms with E-state index in [9.17, 15) is 14.9 Å². The summed E-state index contributed by atoms with van der Waals surface area (Å²) in [4.78, 5) is 33.5. The van der Waals surface area contributed by atoms with Crippen molar-refractivity contribution in [2.24, 2.45) is 5.92 Å². The van der Waals surface area contributed by atoms with E-state index in [1.54, 1.807) is 18.3 Å². The number of benzene rings is 2. The molecule has 5 rings (SSSR count). The van der Waals surface area contributed by atoms with Gasteiger partial charge in [-0.15, -0.1) is 0 Å². The zero-order chi connectivity index (χ0) is 24.2. The summed E-state index contributed by atoms with van der Waals surface area (Å²) in [5, 5.41) is 14.5. The van der Waals surface area contributed by atoms with E-state index in [0.717, 1.165) is 43.1 Å². The fraction of sp³-hybridized carbons (Fsp3) is 0.333. The van der Waals surface area contributed by atoms with Gasteiger partial charge in [0.1, 0.15) is 0 Å². The summed E-state index contributed by atoms with van der Waals surface area (Å²) in [6.07, 6.45) is 2.91. The number of piperazine rings is 1. The van der Waals surface area contributed by atoms with Gasteiger partial charge in [-0.1, -0.05) is 36.4 Å². The van der Waals surface area contributed by atoms with Crippen LogP contribution in [-0.2, 0) is 24.2 Å². The summed E-state index contributed by atoms with van der Waals surface area (Å²) in [5.41, 5.74) is 4.14. The first-order chi connectivity index (χ1) is 17.1. The van der Waals surface area contributed by atoms with Gasteiger partial charge in [0.15, 0.2) is 0 Å². The SMILES string of the molecule is O=C(NCCc1ccccn1)C1Cc2cc([N+](=O)[O-])ccc2N2CCN(Cc3ccccc3)CC12. The van der Waals surface area contributed by atoms with Crippen LogP contribution in [0.25, 0.3) is 0 Å². The van der Waals surface area contributed by atoms with Crippen LogP contribution in [0.3, 0.4) is 0 Å². The minimum atomic E-state index is -0.369. The highest BCUT2D eigenvalue weighted by Gasteiger charge is 2.41. The Bertz CT molecular complexity index is 1190. The maximum Gasteiger partial charge on any atom is 0.269 e. The van der Waals surface area contributed by atoms with Crippen molar-refractivity contribution in [3.63, 3.8) is 0 Å². The lowest BCUT2D eigenvalue weighted by Gasteiger charge is -2.49. The third-order valence-corrected chi connectivity index (χ3v) is 6.98. The number of nitro benzene ring substituents is 1. The van der Waals surface area contributed by atoms with Gasteiger partial charge in [-0.3, -0.25) is 24.8 Å². The minimum Gasteiger partial charge on any atom is -0.365 e. The van der Waals surface area contributed by atoms with Gasteiger partial charge in [0.05, 0.1) is 16.9 Å². The van der Waals surface area contributed by atoms with E-state index < -0.39 is 0 Å². The normalized spacial score (nSPS) is 19.5. The maximum absolute atomic E-state index is 13.4. The van der Waals surface area contributed by atoms with E-state index >= 15 is 0 Å². The van der Waals surface area contributed by atoms with E-state index in [2.05, 4.69) is 32.2 Å². The summed E-state index contributed by atoms with van der Waals surface area (Å²) in [6, 6.07) is 21.2. The van der Waals surface area contributed by atoms with Gasteiger partial charge in [0, 0.05) is 68.9 Å². The molecule has 0 aliphatic carbocycles. The Morgan fingerprint density at radius 3 is 2.69 bits per heavy atom. The molecule has 8 nitrogen and oxygen atoms in total. The summed E-state index contributed by atoms with van der Waals surface area (Å²) in [7, 11) is 0. The fourth-order valence-corrected chi connectivity index (χ4v) is 5.26. The second-order valence-electron chi connectivity index (χ2n) is 9.22. The van der Waals surface area contributed by atoms with Crippen LogP contribution < -0.4 is 10.2 Å². The van der Waals surface area contributed by atoms with Crippen molar-refractivity contribution in [3.8, 4) is 0 Å². The Morgan fingerprint density at radius 1 is 1.09 bits per heavy atom. The average molecular weight is 472 g/mol. The van der Waals surface area contributed by atoms with Crippen molar-refractivity contribution >= 4 is 17.3 Å². The van der Waals surface area contributed by atoms with Crippen LogP contribution in [0.2, 0.25) is 0 Å². The Labute approximate surface area is 204 Å². The zero-order valence-corrected chi connectivity index (χ0v) is 19.5. The maximum atomic E-state index is 13.4. The van der Waals surface area contributed by atoms with Crippen LogP contribution in [0.4, 0.5) is 11.4 Å². The van der Waals surface area contributed by atoms with Crippen molar-refractivity contribution in [1.82, 2.24) is 15.2 Å². The average Bonchev–Trinajstić information content (AvgIpc) is 2.89. The number of nitro groups is 1. The van der Waals surface area contributed by atoms with Gasteiger partial charge < -0.3 is 10.2 Å². The number of carbonyl (C=O) groups is 1. The number of hydrogen-bond donors (Lipinski definition) is 1. The summed E-state index contributed by atoms with van der Waals surface area (Å²) in [6.45, 7) is 3.76. The third kappa shape index (κ3) is 5.17. The molecule has 1 aromatic heterocycles. The molecular weight excluding hydrogens is 442 g/mol. The van der Waals surface area contributed by atoms with Crippen LogP contribution in [0.5, 0.6) is 0 Å². The van der Waals surface area contributed by atoms with E-state index in [1.165, 1.54) is 5.56 Å². The van der Waals surface area contributed by atoms with Gasteiger partial charge in [0.2, 0.25) is 5.91 Å². The van der Waals surface area contributed by atoms with E-state index in [4.69, 9.17) is 0 Å². The standard InChI is InChI=1S/C27H29N5O3/c33-27(29-13-11-22-8-4-5-12-28-22)24-17-21-16-23(32(34)35)9-10-25(21)31-15-14-30(19-26(24)31)18-20-6-2-1-3-7-20/h1-10,12,16,24,26H,11,13-15,17-19H2,(H,29,33). The number of anilines is 1. The second kappa shape index (κ2) is 10.2. The summed E-state index contributed by atoms with van der Waals surface area (Å²) in [5.74, 6) is -0.290. The molecule has 1 N–H and O–H groups in total. The lowest BCUT2D eigenvalue weighted by molar-refractivity contribution is -0.384. The van der Waals surface area contributed by atoms with Crippen LogP contribution in [0.15, 0.2) is 72.9 Å². The van der Waals surface area contributed by atoms with E-state index in [-0.39, 0.29) is 28.5 Å². The molecule has 8 heteroatoms. The summed E-state index contributed by atoms with van der Waals surface area (Å²) < 4.78 is 0. The molecule has 0 saturated carbocycles. The number of hydrogen-bond acceptors (Lipinski definition) is 6. The third-order valence-electron chi connectivity index (χ3n) is 6.98. The van der Waals surface area contributed by atoms with Crippen LogP contribution in [-0.4, -0.2) is 52.9 Å². The molecular formula is C27H29N5O3. The van der Waals surface area contributed by atoms with Gasteiger partial charge >= 0.3 is 0 Å². The van der Waals surface area contributed by atoms with Gasteiger partial charge in [-0.05, 0) is 35.7 Å². The molecule has 180 valence electrons. The largest absolute Gasteiger partial charge is 0.365 e. The molecule has 2 aromatic carbocycles. The quantitative estimate of drug-likeness (QED) is 0.420. The molecule has 1 saturated heterocycles. The molecule has 0 radical (unpaired) electrons. The predicted octanol–water partition coefficient (Wildman–Crippen LogP) is 3.21. The number of rotatable bonds is 7. The second-order valence-corrected chi connectivity index (χ2v) is 9.22. The Balaban J connectivity index is 1.35. The number of carbonyl (C=O) groups excluding carboxylic acids is 1. The van der Waals surface area contributed by atoms with Crippen molar-refractivity contribution in [2.75, 3.05) is 31.1 Å². The molecule has 2 aliphatic heterocycles. The van der Waals surface area contributed by atoms with E-state index in [1.807, 2.05) is 42.5 Å². The van der Waals surface area contributed by atoms with Gasteiger partial charge in [-0.2, -0.15) is 0 Å². The molecule has 2 unspecified atom stereocenters. The number of aromatic nitrogens is 1. The molecule has 0 spiro atoms. The molecule has 3 aromatic rings. The highest BCUT2D eigenvalue weighted by molar-refractivity contribution is 5.82. The summed E-state index contributed by atoms with van der Waals surface area (Å²) >= 11 is 0. The number of non-ortho nitro benzene ring substituents is 1. The number of pyridine rings is 1. The monoisotopic (exact) mass is 471 g/mol. The van der Waals surface area contributed by atoms with Crippen molar-refractivity contribution in [1.29, 1.82) is 0 Å². The highest BCUT2D eigenvalue weighted by Crippen LogP contribution is 2.38. The molecule has 2 atom stereocenters. The Hall–Kier alpha value is -3.78. The van der Waals surface area contributed by atoms with Crippen molar-refractivity contribution < 1.29 is 9.72 Å². The topological polar surface area (TPSA) is 91.6 Å². The van der Waals surface area contributed by atoms with Crippen molar-refractivity contribution in [2.45, 2.75) is 25.4 Å². The predicted molar refractivity (Wildman–Crippen MR) is 134 cm³/mol. The van der Waals surface area contributed by atoms with E-state index in [0.29, 0.717) is 19.4 Å². The molecule has 0 bridgehead atoms. The van der Waals surface area contributed by atoms with Gasteiger partial charge in [-0.25, -0.2) is 0 Å². The number of nitrogens with zero attached hydrogens (tertiary/aromatic N) is 4. The minimum absolute atomic E-state index is 0.00496. The molecule has 2 aliphatic rings. The zero-order valence-electron chi connectivity index (χ0n) is 19.5. The first-order valence-electron chi connectivity index (χ1n) is 12.1. The molecule has 1 amide bonds. The number of amides is 1. The Kier molecular flexibility index (Phi) is 6.72. The number of fused-ring (bicyclic) bond motifs is 3.